The van der Waals surface area contributed by atoms with Crippen LogP contribution >= 0.6 is 0 Å². The predicted molar refractivity (Wildman–Crippen MR) is 167 cm³/mol. The number of rotatable bonds is 15. The average Bonchev–Trinajstić information content (AvgIpc) is 3.06. The van der Waals surface area contributed by atoms with Gasteiger partial charge < -0.3 is 19.7 Å². The third kappa shape index (κ3) is 10.4. The van der Waals surface area contributed by atoms with Crippen LogP contribution in [0.3, 0.4) is 0 Å². The van der Waals surface area contributed by atoms with E-state index in [1.54, 1.807) is 30.3 Å². The van der Waals surface area contributed by atoms with Crippen molar-refractivity contribution in [1.82, 2.24) is 9.21 Å². The van der Waals surface area contributed by atoms with Crippen molar-refractivity contribution in [2.45, 2.75) is 76.7 Å². The van der Waals surface area contributed by atoms with Gasteiger partial charge in [-0.25, -0.2) is 13.2 Å². The summed E-state index contributed by atoms with van der Waals surface area (Å²) in [6.07, 6.45) is -10.2. The van der Waals surface area contributed by atoms with Gasteiger partial charge in [-0.1, -0.05) is 56.3 Å². The Kier molecular flexibility index (Phi) is 7.83. The maximum absolute atomic E-state index is 14.4. The lowest BCUT2D eigenvalue weighted by atomic mass is 9.94. The number of carbonyl (C=O) groups is 1. The zero-order valence-corrected chi connectivity index (χ0v) is 26.0. The molecule has 12 heteroatoms. The summed E-state index contributed by atoms with van der Waals surface area (Å²) in [5.41, 5.74) is -1.74. The van der Waals surface area contributed by atoms with Gasteiger partial charge in [0, 0.05) is 24.1 Å². The molecule has 0 spiro atoms. The van der Waals surface area contributed by atoms with Gasteiger partial charge >= 0.3 is 12.7 Å². The number of amides is 1. The summed E-state index contributed by atoms with van der Waals surface area (Å²) in [6, 6.07) is 3.12. The Balaban J connectivity index is 2.35. The molecule has 3 rings (SSSR count). The second-order valence-corrected chi connectivity index (χ2v) is 12.7. The van der Waals surface area contributed by atoms with Crippen molar-refractivity contribution in [3.63, 3.8) is 0 Å². The monoisotopic (exact) mass is 659 g/mol. The molecule has 0 radical (unpaired) electrons. The Morgan fingerprint density at radius 1 is 1.00 bits per heavy atom. The molecule has 0 aliphatic rings. The fourth-order valence-electron chi connectivity index (χ4n) is 3.81. The molecular weight excluding hydrogens is 606 g/mol. The van der Waals surface area contributed by atoms with Crippen LogP contribution in [0.25, 0.3) is 0 Å². The van der Waals surface area contributed by atoms with Gasteiger partial charge in [0.15, 0.2) is 1.37 Å². The maximum atomic E-state index is 14.4. The number of sulfonamides is 1. The summed E-state index contributed by atoms with van der Waals surface area (Å²) in [7, 11) is -5.91. The number of benzene rings is 3. The standard InChI is InChI=1S/C33H42F2N2O7S/c1-23(2)20-36(45(41,42)28-17-15-27(16-18-28)44-31(34)35)21-30(38)29(37(32(39)40)33(3,4)5)19-24-11-13-26(14-12-24)43-22-25-9-7-6-8-10-25/h6-18,23,29-31,38H,19-22H2,1-5H3,(H,39,40)/t29-,30+/m0/s1/i15D,16D,17D,18D,19D2,21D2,29D,30D,31D. The molecule has 2 atom stereocenters. The molecule has 0 heterocycles. The van der Waals surface area contributed by atoms with Crippen LogP contribution in [0, 0.1) is 5.92 Å². The predicted octanol–water partition coefficient (Wildman–Crippen LogP) is 6.26. The van der Waals surface area contributed by atoms with Crippen molar-refractivity contribution in [3.8, 4) is 11.5 Å². The smallest absolute Gasteiger partial charge is 0.408 e. The first-order valence-corrected chi connectivity index (χ1v) is 14.9. The fraction of sp³-hybridized carbons (Fsp3) is 0.424. The Labute approximate surface area is 279 Å². The summed E-state index contributed by atoms with van der Waals surface area (Å²) in [6.45, 7) is -4.03. The largest absolute Gasteiger partial charge is 0.489 e. The van der Waals surface area contributed by atoms with Crippen molar-refractivity contribution >= 4 is 16.1 Å². The van der Waals surface area contributed by atoms with Crippen molar-refractivity contribution in [2.24, 2.45) is 5.92 Å². The van der Waals surface area contributed by atoms with E-state index >= 15 is 0 Å². The van der Waals surface area contributed by atoms with E-state index in [1.807, 2.05) is 0 Å². The zero-order chi connectivity index (χ0) is 43.2. The number of aliphatic hydroxyl groups is 1. The number of halogens is 2. The molecule has 45 heavy (non-hydrogen) atoms. The van der Waals surface area contributed by atoms with Crippen LogP contribution in [0.4, 0.5) is 13.6 Å². The van der Waals surface area contributed by atoms with E-state index in [0.717, 1.165) is 38.5 Å². The molecule has 0 aliphatic carbocycles. The maximum Gasteiger partial charge on any atom is 0.408 e. The number of hydrogen-bond donors (Lipinski definition) is 2. The second-order valence-electron chi connectivity index (χ2n) is 10.9. The topological polar surface area (TPSA) is 117 Å². The molecule has 0 bridgehead atoms. The van der Waals surface area contributed by atoms with Crippen LogP contribution in [0.2, 0.25) is 0 Å². The van der Waals surface area contributed by atoms with E-state index in [9.17, 15) is 36.3 Å². The Morgan fingerprint density at radius 2 is 1.60 bits per heavy atom. The highest BCUT2D eigenvalue weighted by Crippen LogP contribution is 2.27. The quantitative estimate of drug-likeness (QED) is 0.198. The first kappa shape index (κ1) is 22.7. The van der Waals surface area contributed by atoms with E-state index in [-0.39, 0.29) is 21.6 Å². The lowest BCUT2D eigenvalue weighted by Crippen LogP contribution is -2.58. The van der Waals surface area contributed by atoms with E-state index in [0.29, 0.717) is 0 Å². The first-order chi connectivity index (χ1) is 25.3. The lowest BCUT2D eigenvalue weighted by Gasteiger charge is -2.42. The molecule has 3 aromatic carbocycles. The Hall–Kier alpha value is -3.74. The molecule has 0 fully saturated rings. The van der Waals surface area contributed by atoms with Crippen LogP contribution in [-0.2, 0) is 23.0 Å². The molecule has 0 unspecified atom stereocenters. The highest BCUT2D eigenvalue weighted by molar-refractivity contribution is 7.89. The molecule has 9 nitrogen and oxygen atoms in total. The third-order valence-electron chi connectivity index (χ3n) is 5.74. The van der Waals surface area contributed by atoms with Crippen LogP contribution in [0.5, 0.6) is 11.5 Å². The molecule has 0 saturated heterocycles. The lowest BCUT2D eigenvalue weighted by molar-refractivity contribution is -0.0498. The SMILES string of the molecule is [2H]c1c([2H])c(S(=O)(=O)N(CC(C)C)C([2H])([2H])[C@@]([2H])(O)[C@@]([2H])(N(C(=O)O)C(C)(C)C)C([2H])([2H])c2ccc(OCc3ccccc3)cc2)c([2H])c([2H])c1OC([2H])(F)F. The van der Waals surface area contributed by atoms with Crippen LogP contribution in [0.15, 0.2) is 83.7 Å². The van der Waals surface area contributed by atoms with Gasteiger partial charge in [-0.05, 0) is 80.5 Å². The molecular formula is C33H42F2N2O7S. The van der Waals surface area contributed by atoms with Crippen molar-refractivity contribution in [3.05, 3.63) is 89.9 Å². The summed E-state index contributed by atoms with van der Waals surface area (Å²) in [5.74, 6) is -2.33. The van der Waals surface area contributed by atoms with E-state index in [4.69, 9.17) is 15.7 Å². The highest BCUT2D eigenvalue weighted by atomic mass is 32.2. The molecule has 0 aliphatic heterocycles. The summed E-state index contributed by atoms with van der Waals surface area (Å²) in [5, 5.41) is 22.6. The van der Waals surface area contributed by atoms with Gasteiger partial charge in [0.1, 0.15) is 18.1 Å². The van der Waals surface area contributed by atoms with Gasteiger partial charge in [0.25, 0.3) is 0 Å². The van der Waals surface area contributed by atoms with Gasteiger partial charge in [-0.3, -0.25) is 4.90 Å². The fourth-order valence-corrected chi connectivity index (χ4v) is 5.10. The second kappa shape index (κ2) is 15.5. The molecule has 1 amide bonds. The summed E-state index contributed by atoms with van der Waals surface area (Å²) >= 11 is 0. The average molecular weight is 660 g/mol. The minimum absolute atomic E-state index is 0.0480. The van der Waals surface area contributed by atoms with Crippen molar-refractivity contribution < 1.29 is 56.8 Å². The van der Waals surface area contributed by atoms with Gasteiger partial charge in [0.2, 0.25) is 10.0 Å². The number of ether oxygens (including phenoxy) is 2. The number of alkyl halides is 2. The van der Waals surface area contributed by atoms with Gasteiger partial charge in [0.05, 0.1) is 25.2 Å². The number of carboxylic acid groups (broad SMARTS) is 1. The minimum atomic E-state index is -5.91. The molecule has 0 saturated carbocycles. The minimum Gasteiger partial charge on any atom is -0.489 e. The third-order valence-corrected chi connectivity index (χ3v) is 7.28. The van der Waals surface area contributed by atoms with E-state index in [2.05, 4.69) is 4.74 Å². The number of hydrogen-bond acceptors (Lipinski definition) is 6. The molecule has 2 N–H and O–H groups in total. The van der Waals surface area contributed by atoms with Gasteiger partial charge in [-0.15, -0.1) is 0 Å². The summed E-state index contributed by atoms with van der Waals surface area (Å²) in [4.78, 5) is 11.3. The number of nitrogens with zero attached hydrogens (tertiary/aromatic N) is 2. The van der Waals surface area contributed by atoms with Crippen molar-refractivity contribution in [2.75, 3.05) is 13.0 Å². The van der Waals surface area contributed by atoms with Crippen LogP contribution in [-0.4, -0.2) is 71.2 Å². The molecule has 0 aromatic heterocycles. The van der Waals surface area contributed by atoms with Gasteiger partial charge in [-0.2, -0.15) is 13.1 Å². The Morgan fingerprint density at radius 3 is 2.11 bits per heavy atom. The highest BCUT2D eigenvalue weighted by Gasteiger charge is 2.39. The Bertz CT molecular complexity index is 1990. The zero-order valence-electron chi connectivity index (χ0n) is 36.2. The summed E-state index contributed by atoms with van der Waals surface area (Å²) < 4.78 is 160. The van der Waals surface area contributed by atoms with Crippen LogP contribution < -0.4 is 9.47 Å². The van der Waals surface area contributed by atoms with E-state index in [1.165, 1.54) is 26.0 Å². The molecule has 3 aromatic rings. The van der Waals surface area contributed by atoms with Crippen molar-refractivity contribution in [1.29, 1.82) is 0 Å². The van der Waals surface area contributed by atoms with E-state index < -0.39 is 106 Å². The van der Waals surface area contributed by atoms with Crippen LogP contribution in [0.1, 0.15) is 60.8 Å². The normalized spacial score (nSPS) is 19.4. The first-order valence-electron chi connectivity index (χ1n) is 19.0. The molecule has 246 valence electrons.